The second-order valence-electron chi connectivity index (χ2n) is 5.21. The minimum atomic E-state index is -0.947. The van der Waals surface area contributed by atoms with E-state index in [4.69, 9.17) is 5.11 Å². The topological polar surface area (TPSA) is 89.9 Å². The quantitative estimate of drug-likeness (QED) is 0.643. The number of carbonyl (C=O) groups is 2. The third kappa shape index (κ3) is 3.40. The number of ketones is 1. The number of amides is 1. The summed E-state index contributed by atoms with van der Waals surface area (Å²) < 4.78 is 14.1. The molecule has 124 valence electrons. The first-order valence-electron chi connectivity index (χ1n) is 7.30. The summed E-state index contributed by atoms with van der Waals surface area (Å²) in [5.74, 6) is -2.36. The van der Waals surface area contributed by atoms with E-state index in [1.807, 2.05) is 0 Å². The highest BCUT2D eigenvalue weighted by Gasteiger charge is 2.42. The normalized spacial score (nSPS) is 18.0. The van der Waals surface area contributed by atoms with Gasteiger partial charge in [-0.1, -0.05) is 18.2 Å². The zero-order chi connectivity index (χ0) is 17.0. The molecule has 0 fully saturated rings. The Hall–Kier alpha value is -2.25. The highest BCUT2D eigenvalue weighted by Crippen LogP contribution is 2.38. The number of halogens is 1. The number of Topliss-reactive ketones (excluding diaryl/α,β-unsaturated/α-hetero) is 1. The third-order valence-electron chi connectivity index (χ3n) is 3.70. The molecule has 1 aromatic rings. The van der Waals surface area contributed by atoms with Gasteiger partial charge in [0.05, 0.1) is 18.2 Å². The van der Waals surface area contributed by atoms with E-state index < -0.39 is 29.3 Å². The Morgan fingerprint density at radius 3 is 2.65 bits per heavy atom. The van der Waals surface area contributed by atoms with Crippen LogP contribution in [0.25, 0.3) is 0 Å². The molecule has 1 aromatic carbocycles. The zero-order valence-electron chi connectivity index (χ0n) is 12.8. The fourth-order valence-electron chi connectivity index (χ4n) is 2.67. The van der Waals surface area contributed by atoms with Crippen LogP contribution in [0.15, 0.2) is 35.6 Å². The molecule has 0 radical (unpaired) electrons. The van der Waals surface area contributed by atoms with E-state index in [1.165, 1.54) is 30.0 Å². The average molecular weight is 322 g/mol. The monoisotopic (exact) mass is 322 g/mol. The van der Waals surface area contributed by atoms with Crippen molar-refractivity contribution >= 4 is 11.7 Å². The maximum Gasteiger partial charge on any atom is 0.290 e. The van der Waals surface area contributed by atoms with Crippen LogP contribution in [-0.4, -0.2) is 53.0 Å². The molecule has 3 N–H and O–H groups in total. The molecule has 2 rings (SSSR count). The molecule has 1 aliphatic rings. The third-order valence-corrected chi connectivity index (χ3v) is 3.70. The van der Waals surface area contributed by atoms with E-state index in [-0.39, 0.29) is 24.3 Å². The molecule has 23 heavy (non-hydrogen) atoms. The lowest BCUT2D eigenvalue weighted by Crippen LogP contribution is -2.37. The van der Waals surface area contributed by atoms with Crippen molar-refractivity contribution in [3.05, 3.63) is 47.0 Å². The van der Waals surface area contributed by atoms with Gasteiger partial charge in [0.2, 0.25) is 0 Å². The predicted octanol–water partition coefficient (Wildman–Crippen LogP) is 0.692. The number of carbonyl (C=O) groups excluding carboxylic acids is 2. The number of hydrogen-bond acceptors (Lipinski definition) is 5. The molecular formula is C16H19FN2O4. The van der Waals surface area contributed by atoms with Gasteiger partial charge in [-0.15, -0.1) is 0 Å². The van der Waals surface area contributed by atoms with Gasteiger partial charge < -0.3 is 20.4 Å². The summed E-state index contributed by atoms with van der Waals surface area (Å²) in [4.78, 5) is 25.4. The van der Waals surface area contributed by atoms with Gasteiger partial charge in [0, 0.05) is 25.2 Å². The van der Waals surface area contributed by atoms with Crippen LogP contribution in [0.2, 0.25) is 0 Å². The Labute approximate surface area is 133 Å². The maximum absolute atomic E-state index is 14.1. The summed E-state index contributed by atoms with van der Waals surface area (Å²) in [6.07, 6.45) is 0. The summed E-state index contributed by atoms with van der Waals surface area (Å²) in [5.41, 5.74) is 0.0690. The molecule has 1 amide bonds. The van der Waals surface area contributed by atoms with Crippen molar-refractivity contribution in [3.63, 3.8) is 0 Å². The number of benzene rings is 1. The molecule has 6 nitrogen and oxygen atoms in total. The Morgan fingerprint density at radius 2 is 2.04 bits per heavy atom. The van der Waals surface area contributed by atoms with Crippen LogP contribution in [0.5, 0.6) is 0 Å². The van der Waals surface area contributed by atoms with Gasteiger partial charge in [0.1, 0.15) is 5.82 Å². The summed E-state index contributed by atoms with van der Waals surface area (Å²) in [6, 6.07) is 4.91. The molecule has 7 heteroatoms. The summed E-state index contributed by atoms with van der Waals surface area (Å²) >= 11 is 0. The second kappa shape index (κ2) is 7.34. The van der Waals surface area contributed by atoms with E-state index in [1.54, 1.807) is 6.07 Å². The molecule has 0 spiro atoms. The van der Waals surface area contributed by atoms with E-state index in [0.29, 0.717) is 13.1 Å². The summed E-state index contributed by atoms with van der Waals surface area (Å²) in [7, 11) is 0. The first-order chi connectivity index (χ1) is 11.0. The van der Waals surface area contributed by atoms with Crippen molar-refractivity contribution in [2.45, 2.75) is 13.0 Å². The predicted molar refractivity (Wildman–Crippen MR) is 81.1 cm³/mol. The minimum absolute atomic E-state index is 0.0487. The van der Waals surface area contributed by atoms with Crippen LogP contribution < -0.4 is 5.32 Å². The molecule has 0 aromatic heterocycles. The fraction of sp³-hybridized carbons (Fsp3) is 0.375. The average Bonchev–Trinajstić information content (AvgIpc) is 2.76. The van der Waals surface area contributed by atoms with Crippen molar-refractivity contribution in [3.8, 4) is 0 Å². The second-order valence-corrected chi connectivity index (χ2v) is 5.21. The van der Waals surface area contributed by atoms with Crippen molar-refractivity contribution in [1.82, 2.24) is 10.2 Å². The lowest BCUT2D eigenvalue weighted by atomic mass is 9.96. The number of hydrogen-bond donors (Lipinski definition) is 3. The van der Waals surface area contributed by atoms with Gasteiger partial charge in [-0.3, -0.25) is 9.59 Å². The highest BCUT2D eigenvalue weighted by molar-refractivity contribution is 6.08. The SMILES string of the molecule is CC(=O)C1=C(O)C(=O)N(CCNCCO)[C@H]1c1ccccc1F. The molecule has 0 unspecified atom stereocenters. The number of nitrogens with one attached hydrogen (secondary N) is 1. The van der Waals surface area contributed by atoms with E-state index in [9.17, 15) is 19.1 Å². The maximum atomic E-state index is 14.1. The minimum Gasteiger partial charge on any atom is -0.503 e. The molecule has 1 heterocycles. The van der Waals surface area contributed by atoms with Crippen LogP contribution in [0.3, 0.4) is 0 Å². The number of aliphatic hydroxyl groups excluding tert-OH is 2. The van der Waals surface area contributed by atoms with Crippen molar-refractivity contribution in [1.29, 1.82) is 0 Å². The number of rotatable bonds is 7. The van der Waals surface area contributed by atoms with Crippen molar-refractivity contribution in [2.24, 2.45) is 0 Å². The van der Waals surface area contributed by atoms with E-state index in [0.717, 1.165) is 0 Å². The van der Waals surface area contributed by atoms with Gasteiger partial charge in [-0.2, -0.15) is 0 Å². The lowest BCUT2D eigenvalue weighted by Gasteiger charge is -2.27. The lowest BCUT2D eigenvalue weighted by molar-refractivity contribution is -0.129. The molecular weight excluding hydrogens is 303 g/mol. The Bertz CT molecular complexity index is 645. The van der Waals surface area contributed by atoms with E-state index in [2.05, 4.69) is 5.32 Å². The summed E-state index contributed by atoms with van der Waals surface area (Å²) in [6.45, 7) is 2.05. The number of nitrogens with zero attached hydrogens (tertiary/aromatic N) is 1. The zero-order valence-corrected chi connectivity index (χ0v) is 12.8. The van der Waals surface area contributed by atoms with Crippen molar-refractivity contribution in [2.75, 3.05) is 26.2 Å². The van der Waals surface area contributed by atoms with Gasteiger partial charge in [0.25, 0.3) is 5.91 Å². The standard InChI is InChI=1S/C16H19FN2O4/c1-10(21)13-14(11-4-2-3-5-12(11)17)19(16(23)15(13)22)8-6-18-7-9-20/h2-5,14,18,20,22H,6-9H2,1H3/t14-/m0/s1. The first-order valence-corrected chi connectivity index (χ1v) is 7.30. The Balaban J connectivity index is 2.35. The molecule has 0 bridgehead atoms. The van der Waals surface area contributed by atoms with Crippen LogP contribution in [0.4, 0.5) is 4.39 Å². The van der Waals surface area contributed by atoms with Crippen LogP contribution in [0, 0.1) is 5.82 Å². The van der Waals surface area contributed by atoms with Crippen LogP contribution >= 0.6 is 0 Å². The van der Waals surface area contributed by atoms with Gasteiger partial charge in [-0.05, 0) is 13.0 Å². The van der Waals surface area contributed by atoms with Crippen LogP contribution in [0.1, 0.15) is 18.5 Å². The molecule has 0 saturated carbocycles. The molecule has 0 saturated heterocycles. The largest absolute Gasteiger partial charge is 0.503 e. The molecule has 1 atom stereocenters. The van der Waals surface area contributed by atoms with Gasteiger partial charge >= 0.3 is 0 Å². The van der Waals surface area contributed by atoms with Gasteiger partial charge in [-0.25, -0.2) is 4.39 Å². The highest BCUT2D eigenvalue weighted by atomic mass is 19.1. The fourth-order valence-corrected chi connectivity index (χ4v) is 2.67. The number of aliphatic hydroxyl groups is 2. The van der Waals surface area contributed by atoms with E-state index >= 15 is 0 Å². The smallest absolute Gasteiger partial charge is 0.290 e. The van der Waals surface area contributed by atoms with Crippen molar-refractivity contribution < 1.29 is 24.2 Å². The molecule has 1 aliphatic heterocycles. The van der Waals surface area contributed by atoms with Gasteiger partial charge in [0.15, 0.2) is 11.5 Å². The first kappa shape index (κ1) is 17.1. The Kier molecular flexibility index (Phi) is 5.46. The summed E-state index contributed by atoms with van der Waals surface area (Å²) in [5, 5.41) is 21.7. The molecule has 0 aliphatic carbocycles. The van der Waals surface area contributed by atoms with Crippen LogP contribution in [-0.2, 0) is 9.59 Å². The Morgan fingerprint density at radius 1 is 1.35 bits per heavy atom.